The summed E-state index contributed by atoms with van der Waals surface area (Å²) < 4.78 is 10.7. The highest BCUT2D eigenvalue weighted by Crippen LogP contribution is 2.31. The third-order valence-corrected chi connectivity index (χ3v) is 2.96. The largest absolute Gasteiger partial charge is 0.493 e. The van der Waals surface area contributed by atoms with Crippen LogP contribution < -0.4 is 14.8 Å². The number of benzene rings is 1. The lowest BCUT2D eigenvalue weighted by Gasteiger charge is -2.14. The molecule has 6 nitrogen and oxygen atoms in total. The van der Waals surface area contributed by atoms with E-state index in [9.17, 15) is 10.1 Å². The molecule has 1 heterocycles. The van der Waals surface area contributed by atoms with Gasteiger partial charge in [0.25, 0.3) is 5.69 Å². The van der Waals surface area contributed by atoms with Crippen molar-refractivity contribution >= 4 is 5.69 Å². The van der Waals surface area contributed by atoms with Crippen molar-refractivity contribution in [1.29, 1.82) is 0 Å². The number of nitro benzene ring substituents is 1. The summed E-state index contributed by atoms with van der Waals surface area (Å²) in [4.78, 5) is 10.2. The van der Waals surface area contributed by atoms with Gasteiger partial charge in [-0.2, -0.15) is 0 Å². The molecule has 18 heavy (non-hydrogen) atoms. The van der Waals surface area contributed by atoms with Crippen LogP contribution in [-0.2, 0) is 0 Å². The summed E-state index contributed by atoms with van der Waals surface area (Å²) in [6.07, 6.45) is 2.25. The molecule has 1 aromatic carbocycles. The van der Waals surface area contributed by atoms with E-state index in [0.29, 0.717) is 24.1 Å². The SMILES string of the molecule is COc1cc([N+](=O)[O-])ccc1OCC1CCCN1. The lowest BCUT2D eigenvalue weighted by Crippen LogP contribution is -2.28. The zero-order chi connectivity index (χ0) is 13.0. The first-order valence-corrected chi connectivity index (χ1v) is 5.89. The molecular weight excluding hydrogens is 236 g/mol. The molecule has 0 bridgehead atoms. The van der Waals surface area contributed by atoms with Gasteiger partial charge in [-0.1, -0.05) is 0 Å². The first-order valence-electron chi connectivity index (χ1n) is 5.89. The van der Waals surface area contributed by atoms with Crippen LogP contribution in [0.5, 0.6) is 11.5 Å². The molecule has 1 N–H and O–H groups in total. The van der Waals surface area contributed by atoms with Crippen molar-refractivity contribution in [1.82, 2.24) is 5.32 Å². The predicted molar refractivity (Wildman–Crippen MR) is 66.2 cm³/mol. The second-order valence-electron chi connectivity index (χ2n) is 4.20. The summed E-state index contributed by atoms with van der Waals surface area (Å²) >= 11 is 0. The average Bonchev–Trinajstić information content (AvgIpc) is 2.89. The summed E-state index contributed by atoms with van der Waals surface area (Å²) in [5.41, 5.74) is -0.00167. The number of hydrogen-bond donors (Lipinski definition) is 1. The van der Waals surface area contributed by atoms with Gasteiger partial charge in [0, 0.05) is 12.1 Å². The van der Waals surface area contributed by atoms with Crippen molar-refractivity contribution in [2.75, 3.05) is 20.3 Å². The first-order chi connectivity index (χ1) is 8.70. The standard InChI is InChI=1S/C12H16N2O4/c1-17-12-7-10(14(15)16)4-5-11(12)18-8-9-3-2-6-13-9/h4-5,7,9,13H,2-3,6,8H2,1H3. The first kappa shape index (κ1) is 12.6. The number of ether oxygens (including phenoxy) is 2. The maximum atomic E-state index is 10.6. The highest BCUT2D eigenvalue weighted by molar-refractivity contribution is 5.48. The molecule has 0 spiro atoms. The van der Waals surface area contributed by atoms with Crippen LogP contribution in [0, 0.1) is 10.1 Å². The molecule has 0 aliphatic carbocycles. The van der Waals surface area contributed by atoms with E-state index < -0.39 is 4.92 Å². The lowest BCUT2D eigenvalue weighted by molar-refractivity contribution is -0.384. The van der Waals surface area contributed by atoms with E-state index >= 15 is 0 Å². The zero-order valence-corrected chi connectivity index (χ0v) is 10.2. The predicted octanol–water partition coefficient (Wildman–Crippen LogP) is 1.73. The van der Waals surface area contributed by atoms with E-state index in [1.807, 2.05) is 0 Å². The summed E-state index contributed by atoms with van der Waals surface area (Å²) in [5.74, 6) is 0.930. The zero-order valence-electron chi connectivity index (χ0n) is 10.2. The van der Waals surface area contributed by atoms with Crippen LogP contribution in [-0.4, -0.2) is 31.2 Å². The monoisotopic (exact) mass is 252 g/mol. The molecular formula is C12H16N2O4. The molecule has 0 saturated carbocycles. The highest BCUT2D eigenvalue weighted by Gasteiger charge is 2.17. The molecule has 1 aromatic rings. The van der Waals surface area contributed by atoms with E-state index in [4.69, 9.17) is 9.47 Å². The minimum Gasteiger partial charge on any atom is -0.493 e. The minimum atomic E-state index is -0.454. The van der Waals surface area contributed by atoms with Gasteiger partial charge in [0.1, 0.15) is 6.61 Å². The van der Waals surface area contributed by atoms with Crippen molar-refractivity contribution in [3.63, 3.8) is 0 Å². The fourth-order valence-corrected chi connectivity index (χ4v) is 1.98. The van der Waals surface area contributed by atoms with Crippen LogP contribution in [0.25, 0.3) is 0 Å². The van der Waals surface area contributed by atoms with Gasteiger partial charge in [-0.05, 0) is 25.5 Å². The smallest absolute Gasteiger partial charge is 0.273 e. The van der Waals surface area contributed by atoms with Gasteiger partial charge in [0.05, 0.1) is 18.1 Å². The Morgan fingerprint density at radius 2 is 2.33 bits per heavy atom. The molecule has 0 radical (unpaired) electrons. The number of rotatable bonds is 5. The average molecular weight is 252 g/mol. The highest BCUT2D eigenvalue weighted by atomic mass is 16.6. The van der Waals surface area contributed by atoms with Crippen LogP contribution in [0.4, 0.5) is 5.69 Å². The van der Waals surface area contributed by atoms with E-state index in [-0.39, 0.29) is 5.69 Å². The molecule has 98 valence electrons. The third kappa shape index (κ3) is 2.89. The van der Waals surface area contributed by atoms with Gasteiger partial charge in [0.15, 0.2) is 11.5 Å². The Morgan fingerprint density at radius 1 is 1.50 bits per heavy atom. The Kier molecular flexibility index (Phi) is 3.99. The molecule has 1 fully saturated rings. The van der Waals surface area contributed by atoms with Gasteiger partial charge in [-0.15, -0.1) is 0 Å². The van der Waals surface area contributed by atoms with Gasteiger partial charge < -0.3 is 14.8 Å². The van der Waals surface area contributed by atoms with Gasteiger partial charge >= 0.3 is 0 Å². The van der Waals surface area contributed by atoms with E-state index in [1.54, 1.807) is 6.07 Å². The van der Waals surface area contributed by atoms with Gasteiger partial charge in [-0.25, -0.2) is 0 Å². The summed E-state index contributed by atoms with van der Waals surface area (Å²) in [6.45, 7) is 1.57. The van der Waals surface area contributed by atoms with Gasteiger partial charge in [-0.3, -0.25) is 10.1 Å². The maximum Gasteiger partial charge on any atom is 0.273 e. The summed E-state index contributed by atoms with van der Waals surface area (Å²) in [5, 5.41) is 14.0. The fourth-order valence-electron chi connectivity index (χ4n) is 1.98. The van der Waals surface area contributed by atoms with Crippen LogP contribution in [0.1, 0.15) is 12.8 Å². The summed E-state index contributed by atoms with van der Waals surface area (Å²) in [7, 11) is 1.47. The molecule has 0 aromatic heterocycles. The quantitative estimate of drug-likeness (QED) is 0.638. The molecule has 1 unspecified atom stereocenters. The van der Waals surface area contributed by atoms with E-state index in [2.05, 4.69) is 5.32 Å². The number of nitro groups is 1. The Balaban J connectivity index is 2.04. The van der Waals surface area contributed by atoms with E-state index in [1.165, 1.54) is 19.2 Å². The molecule has 1 saturated heterocycles. The van der Waals surface area contributed by atoms with Crippen molar-refractivity contribution in [3.05, 3.63) is 28.3 Å². The second kappa shape index (κ2) is 5.68. The number of nitrogens with one attached hydrogen (secondary N) is 1. The van der Waals surface area contributed by atoms with Crippen molar-refractivity contribution in [2.45, 2.75) is 18.9 Å². The number of non-ortho nitro benzene ring substituents is 1. The van der Waals surface area contributed by atoms with Crippen molar-refractivity contribution in [3.8, 4) is 11.5 Å². The maximum absolute atomic E-state index is 10.6. The van der Waals surface area contributed by atoms with E-state index in [0.717, 1.165) is 19.4 Å². The molecule has 1 atom stereocenters. The Morgan fingerprint density at radius 3 is 2.94 bits per heavy atom. The normalized spacial score (nSPS) is 18.6. The van der Waals surface area contributed by atoms with Crippen LogP contribution in [0.15, 0.2) is 18.2 Å². The molecule has 1 aliphatic rings. The number of methoxy groups -OCH3 is 1. The Bertz CT molecular complexity index is 430. The molecule has 2 rings (SSSR count). The number of hydrogen-bond acceptors (Lipinski definition) is 5. The van der Waals surface area contributed by atoms with Crippen LogP contribution in [0.2, 0.25) is 0 Å². The Hall–Kier alpha value is -1.82. The van der Waals surface area contributed by atoms with Crippen molar-refractivity contribution in [2.24, 2.45) is 0 Å². The third-order valence-electron chi connectivity index (χ3n) is 2.96. The van der Waals surface area contributed by atoms with Crippen LogP contribution in [0.3, 0.4) is 0 Å². The number of nitrogens with zero attached hydrogens (tertiary/aromatic N) is 1. The fraction of sp³-hybridized carbons (Fsp3) is 0.500. The minimum absolute atomic E-state index is 0.00167. The van der Waals surface area contributed by atoms with Gasteiger partial charge in [0.2, 0.25) is 0 Å². The molecule has 1 aliphatic heterocycles. The topological polar surface area (TPSA) is 73.6 Å². The second-order valence-corrected chi connectivity index (χ2v) is 4.20. The summed E-state index contributed by atoms with van der Waals surface area (Å²) in [6, 6.07) is 4.72. The Labute approximate surface area is 105 Å². The molecule has 6 heteroatoms. The lowest BCUT2D eigenvalue weighted by atomic mass is 10.2. The van der Waals surface area contributed by atoms with Crippen molar-refractivity contribution < 1.29 is 14.4 Å². The molecule has 0 amide bonds. The van der Waals surface area contributed by atoms with Crippen LogP contribution >= 0.6 is 0 Å².